The molecule has 3 nitrogen and oxygen atoms in total. The van der Waals surface area contributed by atoms with E-state index < -0.39 is 0 Å². The Bertz CT molecular complexity index is 175. The van der Waals surface area contributed by atoms with E-state index in [0.29, 0.717) is 13.0 Å². The summed E-state index contributed by atoms with van der Waals surface area (Å²) in [5, 5.41) is 9.37. The molecule has 0 rings (SSSR count). The summed E-state index contributed by atoms with van der Waals surface area (Å²) in [5.41, 5.74) is 0. The van der Waals surface area contributed by atoms with Gasteiger partial charge in [0.05, 0.1) is 12.7 Å². The van der Waals surface area contributed by atoms with Crippen molar-refractivity contribution in [2.45, 2.75) is 33.3 Å². The molecule has 13 heavy (non-hydrogen) atoms. The number of aliphatic hydroxyl groups is 1. The summed E-state index contributed by atoms with van der Waals surface area (Å²) in [6.45, 7) is 5.91. The first-order valence-electron chi connectivity index (χ1n) is 4.64. The molecule has 0 saturated carbocycles. The number of ether oxygens (including phenoxy) is 1. The molecule has 0 aromatic carbocycles. The fraction of sp³-hybridized carbons (Fsp3) is 0.700. The Morgan fingerprint density at radius 2 is 2.15 bits per heavy atom. The molecule has 0 unspecified atom stereocenters. The molecule has 0 fully saturated rings. The predicted octanol–water partition coefficient (Wildman–Crippen LogP) is 1.51. The summed E-state index contributed by atoms with van der Waals surface area (Å²) in [7, 11) is 0. The highest BCUT2D eigenvalue weighted by molar-refractivity contribution is 5.81. The van der Waals surface area contributed by atoms with Gasteiger partial charge in [0.15, 0.2) is 0 Å². The van der Waals surface area contributed by atoms with Gasteiger partial charge in [0.2, 0.25) is 0 Å². The van der Waals surface area contributed by atoms with Crippen molar-refractivity contribution in [1.82, 2.24) is 0 Å². The van der Waals surface area contributed by atoms with Gasteiger partial charge in [-0.2, -0.15) is 0 Å². The Balaban J connectivity index is 3.88. The monoisotopic (exact) mass is 186 g/mol. The van der Waals surface area contributed by atoms with Gasteiger partial charge in [-0.25, -0.2) is 4.79 Å². The molecule has 0 radical (unpaired) electrons. The second-order valence-electron chi connectivity index (χ2n) is 2.95. The van der Waals surface area contributed by atoms with E-state index in [4.69, 9.17) is 4.74 Å². The first-order valence-corrected chi connectivity index (χ1v) is 4.64. The third-order valence-corrected chi connectivity index (χ3v) is 1.85. The van der Waals surface area contributed by atoms with E-state index in [0.717, 1.165) is 0 Å². The molecule has 0 aliphatic heterocycles. The van der Waals surface area contributed by atoms with Crippen LogP contribution in [-0.2, 0) is 9.53 Å². The van der Waals surface area contributed by atoms with E-state index in [1.807, 2.05) is 13.8 Å². The van der Waals surface area contributed by atoms with Gasteiger partial charge in [0.1, 0.15) is 0 Å². The first-order chi connectivity index (χ1) is 6.11. The summed E-state index contributed by atoms with van der Waals surface area (Å²) in [6, 6.07) is 0. The molecule has 2 atom stereocenters. The molecule has 1 N–H and O–H groups in total. The fourth-order valence-corrected chi connectivity index (χ4v) is 0.921. The van der Waals surface area contributed by atoms with Crippen LogP contribution in [0.2, 0.25) is 0 Å². The maximum Gasteiger partial charge on any atom is 0.330 e. The van der Waals surface area contributed by atoms with Gasteiger partial charge < -0.3 is 9.84 Å². The Kier molecular flexibility index (Phi) is 6.24. The van der Waals surface area contributed by atoms with Gasteiger partial charge in [0, 0.05) is 12.0 Å². The Labute approximate surface area is 79.4 Å². The average Bonchev–Trinajstić information content (AvgIpc) is 2.13. The van der Waals surface area contributed by atoms with Crippen molar-refractivity contribution in [3.63, 3.8) is 0 Å². The molecule has 0 aromatic rings. The Morgan fingerprint density at radius 1 is 1.54 bits per heavy atom. The number of esters is 1. The standard InChI is InChI=1S/C10H18O3/c1-4-9(11)8(3)6-7-10(12)13-5-2/h6-9,11H,4-5H2,1-3H3/b7-6+/t8-,9-/m1/s1. The van der Waals surface area contributed by atoms with Crippen LogP contribution in [0.5, 0.6) is 0 Å². The van der Waals surface area contributed by atoms with Gasteiger partial charge >= 0.3 is 5.97 Å². The highest BCUT2D eigenvalue weighted by atomic mass is 16.5. The van der Waals surface area contributed by atoms with Crippen LogP contribution in [0.3, 0.4) is 0 Å². The fourth-order valence-electron chi connectivity index (χ4n) is 0.921. The molecular formula is C10H18O3. The number of aliphatic hydroxyl groups excluding tert-OH is 1. The predicted molar refractivity (Wildman–Crippen MR) is 51.2 cm³/mol. The van der Waals surface area contributed by atoms with Crippen molar-refractivity contribution in [3.8, 4) is 0 Å². The lowest BCUT2D eigenvalue weighted by Gasteiger charge is -2.11. The lowest BCUT2D eigenvalue weighted by atomic mass is 10.0. The number of hydrogen-bond donors (Lipinski definition) is 1. The second kappa shape index (κ2) is 6.66. The number of hydrogen-bond acceptors (Lipinski definition) is 3. The lowest BCUT2D eigenvalue weighted by Crippen LogP contribution is -2.14. The highest BCUT2D eigenvalue weighted by Crippen LogP contribution is 2.07. The van der Waals surface area contributed by atoms with E-state index >= 15 is 0 Å². The quantitative estimate of drug-likeness (QED) is 0.523. The van der Waals surface area contributed by atoms with Crippen LogP contribution >= 0.6 is 0 Å². The minimum absolute atomic E-state index is 0.00518. The molecule has 0 bridgehead atoms. The second-order valence-corrected chi connectivity index (χ2v) is 2.95. The Morgan fingerprint density at radius 3 is 2.62 bits per heavy atom. The summed E-state index contributed by atoms with van der Waals surface area (Å²) in [5.74, 6) is -0.355. The topological polar surface area (TPSA) is 46.5 Å². The van der Waals surface area contributed by atoms with Gasteiger partial charge in [-0.1, -0.05) is 19.9 Å². The smallest absolute Gasteiger partial charge is 0.330 e. The van der Waals surface area contributed by atoms with Crippen molar-refractivity contribution in [1.29, 1.82) is 0 Å². The summed E-state index contributed by atoms with van der Waals surface area (Å²) in [4.78, 5) is 10.9. The molecule has 0 aliphatic carbocycles. The zero-order chi connectivity index (χ0) is 10.3. The van der Waals surface area contributed by atoms with Crippen LogP contribution in [0.15, 0.2) is 12.2 Å². The van der Waals surface area contributed by atoms with Crippen molar-refractivity contribution in [2.24, 2.45) is 5.92 Å². The molecule has 0 heterocycles. The third-order valence-electron chi connectivity index (χ3n) is 1.85. The molecule has 0 aliphatic rings. The summed E-state index contributed by atoms with van der Waals surface area (Å²) >= 11 is 0. The number of carbonyl (C=O) groups is 1. The molecule has 0 amide bonds. The van der Waals surface area contributed by atoms with Gasteiger partial charge in [0.25, 0.3) is 0 Å². The molecule has 76 valence electrons. The number of rotatable bonds is 5. The van der Waals surface area contributed by atoms with E-state index in [9.17, 15) is 9.90 Å². The van der Waals surface area contributed by atoms with Crippen LogP contribution in [0.25, 0.3) is 0 Å². The zero-order valence-corrected chi connectivity index (χ0v) is 8.49. The normalized spacial score (nSPS) is 15.7. The summed E-state index contributed by atoms with van der Waals surface area (Å²) < 4.78 is 4.70. The molecule has 0 spiro atoms. The SMILES string of the molecule is CCOC(=O)/C=C/[C@@H](C)[C@H](O)CC. The minimum Gasteiger partial charge on any atom is -0.463 e. The molecule has 0 aromatic heterocycles. The van der Waals surface area contributed by atoms with Crippen molar-refractivity contribution >= 4 is 5.97 Å². The highest BCUT2D eigenvalue weighted by Gasteiger charge is 2.08. The summed E-state index contributed by atoms with van der Waals surface area (Å²) in [6.07, 6.45) is 3.35. The maximum absolute atomic E-state index is 10.9. The van der Waals surface area contributed by atoms with E-state index in [1.165, 1.54) is 6.08 Å². The van der Waals surface area contributed by atoms with Gasteiger partial charge in [-0.3, -0.25) is 0 Å². The first kappa shape index (κ1) is 12.2. The number of carbonyl (C=O) groups excluding carboxylic acids is 1. The van der Waals surface area contributed by atoms with Crippen LogP contribution in [-0.4, -0.2) is 23.8 Å². The van der Waals surface area contributed by atoms with Crippen molar-refractivity contribution in [2.75, 3.05) is 6.61 Å². The average molecular weight is 186 g/mol. The van der Waals surface area contributed by atoms with E-state index in [1.54, 1.807) is 13.0 Å². The van der Waals surface area contributed by atoms with E-state index in [2.05, 4.69) is 0 Å². The largest absolute Gasteiger partial charge is 0.463 e. The molecule has 3 heteroatoms. The Hall–Kier alpha value is -0.830. The minimum atomic E-state index is -0.384. The van der Waals surface area contributed by atoms with Crippen molar-refractivity contribution in [3.05, 3.63) is 12.2 Å². The maximum atomic E-state index is 10.9. The van der Waals surface area contributed by atoms with Gasteiger partial charge in [-0.15, -0.1) is 0 Å². The van der Waals surface area contributed by atoms with Crippen molar-refractivity contribution < 1.29 is 14.6 Å². The molecular weight excluding hydrogens is 168 g/mol. The van der Waals surface area contributed by atoms with Crippen LogP contribution < -0.4 is 0 Å². The zero-order valence-electron chi connectivity index (χ0n) is 8.49. The van der Waals surface area contributed by atoms with Gasteiger partial charge in [-0.05, 0) is 13.3 Å². The van der Waals surface area contributed by atoms with Crippen LogP contribution in [0.4, 0.5) is 0 Å². The van der Waals surface area contributed by atoms with E-state index in [-0.39, 0.29) is 18.0 Å². The lowest BCUT2D eigenvalue weighted by molar-refractivity contribution is -0.137. The molecule has 0 saturated heterocycles. The third kappa shape index (κ3) is 5.42. The van der Waals surface area contributed by atoms with Crippen LogP contribution in [0.1, 0.15) is 27.2 Å². The van der Waals surface area contributed by atoms with Crippen LogP contribution in [0, 0.1) is 5.92 Å².